The number of aryl methyl sites for hydroxylation is 1. The van der Waals surface area contributed by atoms with Crippen molar-refractivity contribution in [1.29, 1.82) is 0 Å². The number of hydrogen-bond acceptors (Lipinski definition) is 5. The van der Waals surface area contributed by atoms with Crippen LogP contribution in [0.25, 0.3) is 6.08 Å². The van der Waals surface area contributed by atoms with Gasteiger partial charge >= 0.3 is 5.97 Å². The van der Waals surface area contributed by atoms with Gasteiger partial charge in [0.2, 0.25) is 0 Å². The lowest BCUT2D eigenvalue weighted by Crippen LogP contribution is -2.29. The minimum absolute atomic E-state index is 0.225. The first kappa shape index (κ1) is 19.9. The molecular formula is C20H23N3O4S. The number of carbonyl (C=O) groups excluding carboxylic acids is 3. The van der Waals surface area contributed by atoms with E-state index in [2.05, 4.69) is 16.8 Å². The molecule has 3 rings (SSSR count). The van der Waals surface area contributed by atoms with E-state index in [0.29, 0.717) is 11.0 Å². The molecule has 0 bridgehead atoms. The van der Waals surface area contributed by atoms with Crippen LogP contribution in [0.3, 0.4) is 0 Å². The number of aromatic nitrogens is 1. The molecule has 2 aromatic heterocycles. The molecule has 2 amide bonds. The molecule has 0 saturated heterocycles. The predicted molar refractivity (Wildman–Crippen MR) is 108 cm³/mol. The van der Waals surface area contributed by atoms with Crippen LogP contribution in [0.2, 0.25) is 0 Å². The Morgan fingerprint density at radius 3 is 2.71 bits per heavy atom. The number of esters is 1. The smallest absolute Gasteiger partial charge is 0.331 e. The van der Waals surface area contributed by atoms with Crippen molar-refractivity contribution in [3.8, 4) is 0 Å². The van der Waals surface area contributed by atoms with Gasteiger partial charge in [0, 0.05) is 23.5 Å². The van der Waals surface area contributed by atoms with E-state index in [0.717, 1.165) is 11.3 Å². The van der Waals surface area contributed by atoms with Gasteiger partial charge < -0.3 is 20.4 Å². The maximum Gasteiger partial charge on any atom is 0.331 e. The average Bonchev–Trinajstić information content (AvgIpc) is 3.27. The molecule has 0 aromatic carbocycles. The van der Waals surface area contributed by atoms with Gasteiger partial charge in [-0.3, -0.25) is 9.59 Å². The zero-order valence-corrected chi connectivity index (χ0v) is 16.8. The van der Waals surface area contributed by atoms with Gasteiger partial charge in [-0.05, 0) is 62.8 Å². The molecule has 0 aliphatic heterocycles. The highest BCUT2D eigenvalue weighted by Gasteiger charge is 2.26. The Morgan fingerprint density at radius 2 is 2.07 bits per heavy atom. The summed E-state index contributed by atoms with van der Waals surface area (Å²) in [6.45, 7) is 5.56. The molecule has 1 saturated carbocycles. The Morgan fingerprint density at radius 1 is 1.36 bits per heavy atom. The molecule has 1 aliphatic rings. The summed E-state index contributed by atoms with van der Waals surface area (Å²) in [6, 6.07) is 4.14. The fourth-order valence-corrected chi connectivity index (χ4v) is 3.90. The zero-order chi connectivity index (χ0) is 20.4. The third-order valence-electron chi connectivity index (χ3n) is 4.66. The number of thiophene rings is 1. The highest BCUT2D eigenvalue weighted by atomic mass is 32.1. The van der Waals surface area contributed by atoms with Crippen LogP contribution in [0.4, 0.5) is 5.00 Å². The molecule has 3 N–H and O–H groups in total. The van der Waals surface area contributed by atoms with E-state index in [4.69, 9.17) is 10.5 Å². The molecule has 148 valence electrons. The van der Waals surface area contributed by atoms with E-state index in [9.17, 15) is 14.4 Å². The second-order valence-corrected chi connectivity index (χ2v) is 7.77. The monoisotopic (exact) mass is 401 g/mol. The van der Waals surface area contributed by atoms with Crippen molar-refractivity contribution < 1.29 is 19.1 Å². The van der Waals surface area contributed by atoms with E-state index in [-0.39, 0.29) is 5.56 Å². The normalized spacial score (nSPS) is 14.8. The number of nitrogens with two attached hydrogens (primary N) is 1. The molecule has 1 aliphatic carbocycles. The van der Waals surface area contributed by atoms with Crippen molar-refractivity contribution in [3.05, 3.63) is 46.1 Å². The lowest BCUT2D eigenvalue weighted by Gasteiger charge is -2.12. The minimum Gasteiger partial charge on any atom is -0.449 e. The molecule has 0 spiro atoms. The summed E-state index contributed by atoms with van der Waals surface area (Å²) in [6.07, 6.45) is 4.39. The fourth-order valence-electron chi connectivity index (χ4n) is 3.10. The van der Waals surface area contributed by atoms with Gasteiger partial charge in [-0.15, -0.1) is 11.3 Å². The van der Waals surface area contributed by atoms with Crippen LogP contribution in [0, 0.1) is 13.8 Å². The van der Waals surface area contributed by atoms with Crippen molar-refractivity contribution in [2.45, 2.75) is 45.8 Å². The average molecular weight is 401 g/mol. The standard InChI is InChI=1S/C20H23N3O4S/c1-11-10-14(12(2)23(11)15-5-6-15)4-7-17(24)27-13(3)19(26)22-20-16(18(21)25)8-9-28-20/h4,7-10,13,15H,5-6H2,1-3H3,(H2,21,25)(H,22,26)/b7-4+/t13-/m0/s1. The third-order valence-corrected chi connectivity index (χ3v) is 5.49. The molecule has 0 radical (unpaired) electrons. The SMILES string of the molecule is Cc1cc(/C=C/C(=O)O[C@@H](C)C(=O)Nc2sccc2C(N)=O)c(C)n1C1CC1. The fraction of sp³-hybridized carbons (Fsp3) is 0.350. The van der Waals surface area contributed by atoms with Crippen molar-refractivity contribution >= 4 is 40.2 Å². The van der Waals surface area contributed by atoms with Gasteiger partial charge in [0.25, 0.3) is 11.8 Å². The Balaban J connectivity index is 1.59. The van der Waals surface area contributed by atoms with Crippen molar-refractivity contribution in [3.63, 3.8) is 0 Å². The Kier molecular flexibility index (Phi) is 5.69. The highest BCUT2D eigenvalue weighted by molar-refractivity contribution is 7.14. The van der Waals surface area contributed by atoms with Crippen LogP contribution in [0.5, 0.6) is 0 Å². The maximum atomic E-state index is 12.2. The summed E-state index contributed by atoms with van der Waals surface area (Å²) in [5.74, 6) is -1.77. The maximum absolute atomic E-state index is 12.2. The lowest BCUT2D eigenvalue weighted by molar-refractivity contribution is -0.148. The first-order chi connectivity index (χ1) is 13.3. The highest BCUT2D eigenvalue weighted by Crippen LogP contribution is 2.38. The van der Waals surface area contributed by atoms with Gasteiger partial charge in [-0.25, -0.2) is 4.79 Å². The van der Waals surface area contributed by atoms with Crippen molar-refractivity contribution in [2.24, 2.45) is 5.73 Å². The molecule has 7 nitrogen and oxygen atoms in total. The first-order valence-electron chi connectivity index (χ1n) is 9.03. The van der Waals surface area contributed by atoms with E-state index < -0.39 is 23.9 Å². The molecule has 1 fully saturated rings. The quantitative estimate of drug-likeness (QED) is 0.549. The van der Waals surface area contributed by atoms with Gasteiger partial charge in [0.1, 0.15) is 5.00 Å². The van der Waals surface area contributed by atoms with E-state index >= 15 is 0 Å². The largest absolute Gasteiger partial charge is 0.449 e. The number of primary amides is 1. The number of amides is 2. The lowest BCUT2D eigenvalue weighted by atomic mass is 10.2. The molecule has 28 heavy (non-hydrogen) atoms. The second kappa shape index (κ2) is 8.02. The predicted octanol–water partition coefficient (Wildman–Crippen LogP) is 3.18. The van der Waals surface area contributed by atoms with Crippen LogP contribution in [0.15, 0.2) is 23.6 Å². The Hall–Kier alpha value is -2.87. The summed E-state index contributed by atoms with van der Waals surface area (Å²) in [7, 11) is 0. The van der Waals surface area contributed by atoms with E-state index in [1.54, 1.807) is 11.5 Å². The number of hydrogen-bond donors (Lipinski definition) is 2. The van der Waals surface area contributed by atoms with Gasteiger partial charge in [0.15, 0.2) is 6.10 Å². The number of nitrogens with zero attached hydrogens (tertiary/aromatic N) is 1. The number of carbonyl (C=O) groups is 3. The van der Waals surface area contributed by atoms with Gasteiger partial charge in [-0.1, -0.05) is 0 Å². The zero-order valence-electron chi connectivity index (χ0n) is 16.0. The molecule has 8 heteroatoms. The summed E-state index contributed by atoms with van der Waals surface area (Å²) in [4.78, 5) is 35.6. The van der Waals surface area contributed by atoms with Gasteiger partial charge in [0.05, 0.1) is 5.56 Å². The Labute approximate surface area is 167 Å². The molecule has 2 aromatic rings. The van der Waals surface area contributed by atoms with Gasteiger partial charge in [-0.2, -0.15) is 0 Å². The van der Waals surface area contributed by atoms with Crippen LogP contribution >= 0.6 is 11.3 Å². The topological polar surface area (TPSA) is 103 Å². The van der Waals surface area contributed by atoms with E-state index in [1.807, 2.05) is 13.0 Å². The van der Waals surface area contributed by atoms with Crippen LogP contribution in [-0.2, 0) is 14.3 Å². The van der Waals surface area contributed by atoms with Crippen molar-refractivity contribution in [1.82, 2.24) is 4.57 Å². The Bertz CT molecular complexity index is 953. The summed E-state index contributed by atoms with van der Waals surface area (Å²) < 4.78 is 7.45. The summed E-state index contributed by atoms with van der Waals surface area (Å²) >= 11 is 1.17. The van der Waals surface area contributed by atoms with E-state index in [1.165, 1.54) is 48.9 Å². The van der Waals surface area contributed by atoms with Crippen LogP contribution in [0.1, 0.15) is 53.1 Å². The van der Waals surface area contributed by atoms with Crippen LogP contribution in [-0.4, -0.2) is 28.5 Å². The molecule has 2 heterocycles. The molecule has 0 unspecified atom stereocenters. The third kappa shape index (κ3) is 4.33. The summed E-state index contributed by atoms with van der Waals surface area (Å²) in [5.41, 5.74) is 8.73. The number of rotatable bonds is 7. The second-order valence-electron chi connectivity index (χ2n) is 6.86. The number of anilines is 1. The molecular weight excluding hydrogens is 378 g/mol. The number of nitrogens with one attached hydrogen (secondary N) is 1. The summed E-state index contributed by atoms with van der Waals surface area (Å²) in [5, 5.41) is 4.55. The van der Waals surface area contributed by atoms with Crippen molar-refractivity contribution in [2.75, 3.05) is 5.32 Å². The first-order valence-corrected chi connectivity index (χ1v) is 9.91. The number of ether oxygens (including phenoxy) is 1. The molecule has 1 atom stereocenters. The van der Waals surface area contributed by atoms with Crippen LogP contribution < -0.4 is 11.1 Å². The minimum atomic E-state index is -1.01.